The first-order chi connectivity index (χ1) is 14.1. The Morgan fingerprint density at radius 3 is 2.47 bits per heavy atom. The predicted octanol–water partition coefficient (Wildman–Crippen LogP) is 3.86. The summed E-state index contributed by atoms with van der Waals surface area (Å²) in [6, 6.07) is 5.87. The van der Waals surface area contributed by atoms with Crippen LogP contribution >= 0.6 is 0 Å². The van der Waals surface area contributed by atoms with Crippen LogP contribution in [0.5, 0.6) is 0 Å². The highest BCUT2D eigenvalue weighted by Gasteiger charge is 2.33. The van der Waals surface area contributed by atoms with Crippen molar-refractivity contribution >= 4 is 34.1 Å². The molecule has 0 saturated carbocycles. The fourth-order valence-electron chi connectivity index (χ4n) is 2.82. The van der Waals surface area contributed by atoms with Crippen LogP contribution in [-0.2, 0) is 15.8 Å². The minimum Gasteiger partial charge on any atom is -0.323 e. The van der Waals surface area contributed by atoms with Crippen LogP contribution in [0.15, 0.2) is 51.4 Å². The largest absolute Gasteiger partial charge is 0.418 e. The van der Waals surface area contributed by atoms with Crippen LogP contribution in [0.25, 0.3) is 11.0 Å². The quantitative estimate of drug-likeness (QED) is 0.430. The molecule has 3 N–H and O–H groups in total. The minimum atomic E-state index is -4.66. The van der Waals surface area contributed by atoms with Gasteiger partial charge >= 0.3 is 11.9 Å². The molecule has 0 aliphatic rings. The number of halogens is 3. The molecule has 11 heteroatoms. The smallest absolute Gasteiger partial charge is 0.323 e. The van der Waals surface area contributed by atoms with Crippen molar-refractivity contribution in [3.8, 4) is 0 Å². The molecule has 0 saturated heterocycles. The zero-order valence-electron chi connectivity index (χ0n) is 15.8. The van der Waals surface area contributed by atoms with Crippen LogP contribution in [-0.4, -0.2) is 27.7 Å². The molecule has 0 fully saturated rings. The monoisotopic (exact) mass is 419 g/mol. The fourth-order valence-corrected chi connectivity index (χ4v) is 2.82. The molecule has 1 aromatic heterocycles. The average molecular weight is 419 g/mol. The molecule has 1 heterocycles. The number of imidazole rings is 1. The van der Waals surface area contributed by atoms with E-state index < -0.39 is 40.8 Å². The van der Waals surface area contributed by atoms with E-state index in [0.717, 1.165) is 19.1 Å². The number of aryl methyl sites for hydroxylation is 1. The maximum absolute atomic E-state index is 13.1. The number of hydrogen-bond donors (Lipinski definition) is 3. The molecule has 1 atom stereocenters. The fraction of sp³-hybridized carbons (Fsp3) is 0.211. The number of hydrogen-bond acceptors (Lipinski definition) is 5. The SMILES string of the molecule is CC(=O)C(N=Nc1ccccc1C(F)(F)F)C(=O)Nc1ccc2[nH]c(=O)[nH]c2c1C. The van der Waals surface area contributed by atoms with Crippen molar-refractivity contribution in [3.63, 3.8) is 0 Å². The average Bonchev–Trinajstić information content (AvgIpc) is 3.05. The van der Waals surface area contributed by atoms with E-state index in [-0.39, 0.29) is 0 Å². The summed E-state index contributed by atoms with van der Waals surface area (Å²) >= 11 is 0. The van der Waals surface area contributed by atoms with Gasteiger partial charge in [-0.15, -0.1) is 0 Å². The number of ketones is 1. The number of benzene rings is 2. The van der Waals surface area contributed by atoms with Gasteiger partial charge < -0.3 is 15.3 Å². The van der Waals surface area contributed by atoms with Gasteiger partial charge in [-0.1, -0.05) is 12.1 Å². The Morgan fingerprint density at radius 1 is 1.10 bits per heavy atom. The highest BCUT2D eigenvalue weighted by atomic mass is 19.4. The zero-order valence-corrected chi connectivity index (χ0v) is 15.8. The van der Waals surface area contributed by atoms with Crippen LogP contribution < -0.4 is 11.0 Å². The van der Waals surface area contributed by atoms with Crippen molar-refractivity contribution < 1.29 is 22.8 Å². The normalized spacial score (nSPS) is 13.0. The summed E-state index contributed by atoms with van der Waals surface area (Å²) in [5.41, 5.74) is -0.128. The van der Waals surface area contributed by atoms with Crippen molar-refractivity contribution in [1.82, 2.24) is 9.97 Å². The van der Waals surface area contributed by atoms with Gasteiger partial charge in [0.1, 0.15) is 0 Å². The number of rotatable bonds is 5. The van der Waals surface area contributed by atoms with Crippen molar-refractivity contribution in [2.24, 2.45) is 10.2 Å². The van der Waals surface area contributed by atoms with E-state index in [1.165, 1.54) is 18.2 Å². The maximum Gasteiger partial charge on any atom is 0.418 e. The third kappa shape index (κ3) is 4.29. The standard InChI is InChI=1S/C19H16F3N5O3/c1-9-12(7-8-14-15(9)25-18(30)24-14)23-17(29)16(10(2)28)27-26-13-6-4-3-5-11(13)19(20,21)22/h3-8,16H,1-2H3,(H,23,29)(H2,24,25,30). The van der Waals surface area contributed by atoms with Gasteiger partial charge in [-0.2, -0.15) is 23.4 Å². The van der Waals surface area contributed by atoms with Gasteiger partial charge in [-0.3, -0.25) is 9.59 Å². The third-order valence-electron chi connectivity index (χ3n) is 4.33. The molecule has 8 nitrogen and oxygen atoms in total. The Hall–Kier alpha value is -3.76. The molecule has 156 valence electrons. The molecule has 0 aliphatic heterocycles. The second-order valence-electron chi connectivity index (χ2n) is 6.47. The van der Waals surface area contributed by atoms with Gasteiger partial charge in [-0.25, -0.2) is 4.79 Å². The van der Waals surface area contributed by atoms with Crippen molar-refractivity contribution in [2.75, 3.05) is 5.32 Å². The number of anilines is 1. The molecule has 3 rings (SSSR count). The van der Waals surface area contributed by atoms with Gasteiger partial charge in [0.05, 0.1) is 22.3 Å². The van der Waals surface area contributed by atoms with Crippen molar-refractivity contribution in [2.45, 2.75) is 26.1 Å². The van der Waals surface area contributed by atoms with Crippen LogP contribution in [0, 0.1) is 6.92 Å². The second-order valence-corrected chi connectivity index (χ2v) is 6.47. The summed E-state index contributed by atoms with van der Waals surface area (Å²) in [6.07, 6.45) is -4.66. The number of aromatic nitrogens is 2. The number of carbonyl (C=O) groups excluding carboxylic acids is 2. The highest BCUT2D eigenvalue weighted by molar-refractivity contribution is 6.10. The topological polar surface area (TPSA) is 120 Å². The third-order valence-corrected chi connectivity index (χ3v) is 4.33. The summed E-state index contributed by atoms with van der Waals surface area (Å²) in [5, 5.41) is 9.57. The molecule has 1 unspecified atom stereocenters. The first-order valence-electron chi connectivity index (χ1n) is 8.68. The number of fused-ring (bicyclic) bond motifs is 1. The predicted molar refractivity (Wildman–Crippen MR) is 103 cm³/mol. The number of aromatic amines is 2. The Balaban J connectivity index is 1.88. The van der Waals surface area contributed by atoms with Crippen molar-refractivity contribution in [1.29, 1.82) is 0 Å². The summed E-state index contributed by atoms with van der Waals surface area (Å²) in [6.45, 7) is 2.73. The Kier molecular flexibility index (Phi) is 5.54. The van der Waals surface area contributed by atoms with Crippen molar-refractivity contribution in [3.05, 3.63) is 58.0 Å². The number of carbonyl (C=O) groups is 2. The summed E-state index contributed by atoms with van der Waals surface area (Å²) in [7, 11) is 0. The Labute approximate surface area is 167 Å². The van der Waals surface area contributed by atoms with Crippen LogP contribution in [0.2, 0.25) is 0 Å². The van der Waals surface area contributed by atoms with Gasteiger partial charge in [0, 0.05) is 5.69 Å². The van der Waals surface area contributed by atoms with E-state index >= 15 is 0 Å². The number of alkyl halides is 3. The number of H-pyrrole nitrogens is 2. The van der Waals surface area contributed by atoms with E-state index in [1.54, 1.807) is 13.0 Å². The number of nitrogens with zero attached hydrogens (tertiary/aromatic N) is 2. The van der Waals surface area contributed by atoms with Gasteiger partial charge in [0.2, 0.25) is 6.04 Å². The van der Waals surface area contributed by atoms with E-state index in [4.69, 9.17) is 0 Å². The Morgan fingerprint density at radius 2 is 1.80 bits per heavy atom. The molecular weight excluding hydrogens is 403 g/mol. The van der Waals surface area contributed by atoms with Crippen LogP contribution in [0.1, 0.15) is 18.1 Å². The number of amides is 1. The van der Waals surface area contributed by atoms with E-state index in [9.17, 15) is 27.6 Å². The first-order valence-corrected chi connectivity index (χ1v) is 8.68. The van der Waals surface area contributed by atoms with Crippen LogP contribution in [0.3, 0.4) is 0 Å². The lowest BCUT2D eigenvalue weighted by Crippen LogP contribution is -2.32. The van der Waals surface area contributed by atoms with Gasteiger partial charge in [0.15, 0.2) is 5.78 Å². The first kappa shape index (κ1) is 21.0. The highest BCUT2D eigenvalue weighted by Crippen LogP contribution is 2.36. The van der Waals surface area contributed by atoms with Gasteiger partial charge in [-0.05, 0) is 43.7 Å². The lowest BCUT2D eigenvalue weighted by atomic mass is 10.1. The zero-order chi connectivity index (χ0) is 22.1. The second kappa shape index (κ2) is 7.93. The number of nitrogens with one attached hydrogen (secondary N) is 3. The summed E-state index contributed by atoms with van der Waals surface area (Å²) in [5.74, 6) is -1.56. The van der Waals surface area contributed by atoms with E-state index in [1.807, 2.05) is 0 Å². The van der Waals surface area contributed by atoms with E-state index in [0.29, 0.717) is 22.3 Å². The molecule has 1 amide bonds. The molecule has 2 aromatic carbocycles. The number of Topliss-reactive ketones (excluding diaryl/α,β-unsaturated/α-hetero) is 1. The molecule has 0 bridgehead atoms. The molecule has 0 spiro atoms. The molecule has 3 aromatic rings. The van der Waals surface area contributed by atoms with E-state index in [2.05, 4.69) is 25.5 Å². The Bertz CT molecular complexity index is 1210. The summed E-state index contributed by atoms with van der Waals surface area (Å²) < 4.78 is 39.2. The number of azo groups is 1. The minimum absolute atomic E-state index is 0.305. The van der Waals surface area contributed by atoms with Crippen LogP contribution in [0.4, 0.5) is 24.5 Å². The molecular formula is C19H16F3N5O3. The summed E-state index contributed by atoms with van der Waals surface area (Å²) in [4.78, 5) is 41.0. The van der Waals surface area contributed by atoms with Gasteiger partial charge in [0.25, 0.3) is 5.91 Å². The molecule has 30 heavy (non-hydrogen) atoms. The lowest BCUT2D eigenvalue weighted by molar-refractivity contribution is -0.137. The lowest BCUT2D eigenvalue weighted by Gasteiger charge is -2.12. The molecule has 0 radical (unpaired) electrons. The molecule has 0 aliphatic carbocycles. The maximum atomic E-state index is 13.1.